The molecule has 0 bridgehead atoms. The van der Waals surface area contributed by atoms with Gasteiger partial charge in [-0.05, 0) is 18.6 Å². The number of aliphatic hydroxyl groups excluding tert-OH is 1. The van der Waals surface area contributed by atoms with E-state index in [-0.39, 0.29) is 5.82 Å². The van der Waals surface area contributed by atoms with Crippen LogP contribution < -0.4 is 4.74 Å². The molecule has 1 rings (SSSR count). The average molecular weight is 228 g/mol. The fourth-order valence-corrected chi connectivity index (χ4v) is 1.66. The van der Waals surface area contributed by atoms with E-state index in [1.54, 1.807) is 14.0 Å². The fourth-order valence-electron chi connectivity index (χ4n) is 1.66. The molecule has 0 aromatic heterocycles. The van der Waals surface area contributed by atoms with Crippen LogP contribution in [0, 0.1) is 5.82 Å². The lowest BCUT2D eigenvalue weighted by Crippen LogP contribution is -2.09. The van der Waals surface area contributed by atoms with E-state index in [0.717, 1.165) is 5.56 Å². The van der Waals surface area contributed by atoms with Crippen molar-refractivity contribution in [3.05, 3.63) is 29.1 Å². The highest BCUT2D eigenvalue weighted by Crippen LogP contribution is 2.26. The molecule has 1 N–H and O–H groups in total. The van der Waals surface area contributed by atoms with Crippen LogP contribution in [0.4, 0.5) is 4.39 Å². The Morgan fingerprint density at radius 1 is 1.38 bits per heavy atom. The molecule has 1 atom stereocenters. The molecule has 0 aliphatic carbocycles. The van der Waals surface area contributed by atoms with Crippen LogP contribution >= 0.6 is 0 Å². The standard InChI is InChI=1S/C12H17FO3/c1-8(14)4-11-9(7-15-2)5-10(13)6-12(11)16-3/h5-6,8,14H,4,7H2,1-3H3. The average Bonchev–Trinajstić information content (AvgIpc) is 2.21. The predicted molar refractivity (Wildman–Crippen MR) is 59.0 cm³/mol. The summed E-state index contributed by atoms with van der Waals surface area (Å²) < 4.78 is 23.4. The number of aliphatic hydroxyl groups is 1. The Labute approximate surface area is 94.8 Å². The monoisotopic (exact) mass is 228 g/mol. The first-order chi connectivity index (χ1) is 7.58. The third-order valence-electron chi connectivity index (χ3n) is 2.29. The van der Waals surface area contributed by atoms with E-state index in [0.29, 0.717) is 24.3 Å². The second-order valence-electron chi connectivity index (χ2n) is 3.73. The van der Waals surface area contributed by atoms with Gasteiger partial charge in [-0.25, -0.2) is 4.39 Å². The van der Waals surface area contributed by atoms with Crippen LogP contribution in [-0.2, 0) is 17.8 Å². The van der Waals surface area contributed by atoms with Crippen molar-refractivity contribution >= 4 is 0 Å². The number of halogens is 1. The molecule has 0 fully saturated rings. The van der Waals surface area contributed by atoms with Crippen LogP contribution in [0.2, 0.25) is 0 Å². The smallest absolute Gasteiger partial charge is 0.127 e. The van der Waals surface area contributed by atoms with E-state index in [4.69, 9.17) is 9.47 Å². The molecule has 3 nitrogen and oxygen atoms in total. The van der Waals surface area contributed by atoms with Gasteiger partial charge in [0.05, 0.1) is 19.8 Å². The molecule has 0 heterocycles. The Morgan fingerprint density at radius 3 is 2.56 bits per heavy atom. The largest absolute Gasteiger partial charge is 0.496 e. The molecule has 1 aromatic carbocycles. The Hall–Kier alpha value is -1.13. The summed E-state index contributed by atoms with van der Waals surface area (Å²) in [4.78, 5) is 0. The van der Waals surface area contributed by atoms with Gasteiger partial charge in [0, 0.05) is 25.2 Å². The number of hydrogen-bond donors (Lipinski definition) is 1. The molecule has 90 valence electrons. The third-order valence-corrected chi connectivity index (χ3v) is 2.29. The first kappa shape index (κ1) is 12.9. The molecule has 0 amide bonds. The lowest BCUT2D eigenvalue weighted by Gasteiger charge is -2.15. The minimum Gasteiger partial charge on any atom is -0.496 e. The quantitative estimate of drug-likeness (QED) is 0.836. The van der Waals surface area contributed by atoms with Crippen molar-refractivity contribution in [1.29, 1.82) is 0 Å². The SMILES string of the molecule is COCc1cc(F)cc(OC)c1CC(C)O. The molecular weight excluding hydrogens is 211 g/mol. The van der Waals surface area contributed by atoms with Gasteiger partial charge in [-0.3, -0.25) is 0 Å². The molecule has 0 aliphatic rings. The first-order valence-corrected chi connectivity index (χ1v) is 5.10. The van der Waals surface area contributed by atoms with Gasteiger partial charge in [0.15, 0.2) is 0 Å². The highest BCUT2D eigenvalue weighted by molar-refractivity contribution is 5.41. The topological polar surface area (TPSA) is 38.7 Å². The lowest BCUT2D eigenvalue weighted by atomic mass is 10.0. The van der Waals surface area contributed by atoms with Gasteiger partial charge in [0.1, 0.15) is 11.6 Å². The minimum absolute atomic E-state index is 0.302. The predicted octanol–water partition coefficient (Wildman–Crippen LogP) is 1.90. The molecule has 0 spiro atoms. The van der Waals surface area contributed by atoms with Crippen molar-refractivity contribution in [1.82, 2.24) is 0 Å². The molecular formula is C12H17FO3. The van der Waals surface area contributed by atoms with Crippen LogP contribution in [-0.4, -0.2) is 25.4 Å². The molecule has 1 unspecified atom stereocenters. The summed E-state index contributed by atoms with van der Waals surface area (Å²) in [6, 6.07) is 2.72. The summed E-state index contributed by atoms with van der Waals surface area (Å²) in [7, 11) is 3.03. The summed E-state index contributed by atoms with van der Waals surface area (Å²) in [6.45, 7) is 1.98. The van der Waals surface area contributed by atoms with Crippen LogP contribution in [0.5, 0.6) is 5.75 Å². The number of hydrogen-bond acceptors (Lipinski definition) is 3. The summed E-state index contributed by atoms with van der Waals surface area (Å²) in [5.74, 6) is 0.0891. The first-order valence-electron chi connectivity index (χ1n) is 5.10. The molecule has 0 aliphatic heterocycles. The zero-order valence-electron chi connectivity index (χ0n) is 9.79. The van der Waals surface area contributed by atoms with Gasteiger partial charge < -0.3 is 14.6 Å². The van der Waals surface area contributed by atoms with Crippen LogP contribution in [0.1, 0.15) is 18.1 Å². The number of ether oxygens (including phenoxy) is 2. The van der Waals surface area contributed by atoms with Gasteiger partial charge in [0.25, 0.3) is 0 Å². The maximum absolute atomic E-state index is 13.3. The van der Waals surface area contributed by atoms with Crippen LogP contribution in [0.15, 0.2) is 12.1 Å². The lowest BCUT2D eigenvalue weighted by molar-refractivity contribution is 0.177. The van der Waals surface area contributed by atoms with Crippen LogP contribution in [0.25, 0.3) is 0 Å². The number of benzene rings is 1. The maximum atomic E-state index is 13.3. The van der Waals surface area contributed by atoms with Gasteiger partial charge >= 0.3 is 0 Å². The molecule has 4 heteroatoms. The fraction of sp³-hybridized carbons (Fsp3) is 0.500. The van der Waals surface area contributed by atoms with Gasteiger partial charge in [-0.2, -0.15) is 0 Å². The highest BCUT2D eigenvalue weighted by Gasteiger charge is 2.13. The van der Waals surface area contributed by atoms with Crippen molar-refractivity contribution in [2.75, 3.05) is 14.2 Å². The Bertz CT molecular complexity index is 350. The Balaban J connectivity index is 3.15. The molecule has 0 saturated heterocycles. The number of rotatable bonds is 5. The second kappa shape index (κ2) is 5.82. The maximum Gasteiger partial charge on any atom is 0.127 e. The molecule has 16 heavy (non-hydrogen) atoms. The normalized spacial score (nSPS) is 12.6. The van der Waals surface area contributed by atoms with E-state index < -0.39 is 6.10 Å². The summed E-state index contributed by atoms with van der Waals surface area (Å²) >= 11 is 0. The van der Waals surface area contributed by atoms with Gasteiger partial charge in [0.2, 0.25) is 0 Å². The van der Waals surface area contributed by atoms with Crippen molar-refractivity contribution in [3.63, 3.8) is 0 Å². The van der Waals surface area contributed by atoms with E-state index in [9.17, 15) is 9.50 Å². The van der Waals surface area contributed by atoms with Gasteiger partial charge in [-0.1, -0.05) is 0 Å². The third kappa shape index (κ3) is 3.18. The van der Waals surface area contributed by atoms with Crippen molar-refractivity contribution in [2.45, 2.75) is 26.1 Å². The zero-order chi connectivity index (χ0) is 12.1. The second-order valence-corrected chi connectivity index (χ2v) is 3.73. The van der Waals surface area contributed by atoms with Crippen LogP contribution in [0.3, 0.4) is 0 Å². The van der Waals surface area contributed by atoms with E-state index in [1.165, 1.54) is 19.2 Å². The molecule has 0 radical (unpaired) electrons. The van der Waals surface area contributed by atoms with Crippen molar-refractivity contribution < 1.29 is 19.0 Å². The van der Waals surface area contributed by atoms with E-state index in [2.05, 4.69) is 0 Å². The summed E-state index contributed by atoms with van der Waals surface area (Å²) in [5, 5.41) is 9.40. The van der Waals surface area contributed by atoms with E-state index >= 15 is 0 Å². The van der Waals surface area contributed by atoms with Crippen molar-refractivity contribution in [2.24, 2.45) is 0 Å². The summed E-state index contributed by atoms with van der Waals surface area (Å²) in [6.07, 6.45) is -0.0859. The molecule has 0 saturated carbocycles. The molecule has 1 aromatic rings. The summed E-state index contributed by atoms with van der Waals surface area (Å²) in [5.41, 5.74) is 1.50. The minimum atomic E-state index is -0.505. The van der Waals surface area contributed by atoms with E-state index in [1.807, 2.05) is 0 Å². The van der Waals surface area contributed by atoms with Crippen molar-refractivity contribution in [3.8, 4) is 5.75 Å². The van der Waals surface area contributed by atoms with Gasteiger partial charge in [-0.15, -0.1) is 0 Å². The highest BCUT2D eigenvalue weighted by atomic mass is 19.1. The Kier molecular flexibility index (Phi) is 4.71. The zero-order valence-corrected chi connectivity index (χ0v) is 9.79. The Morgan fingerprint density at radius 2 is 2.06 bits per heavy atom. The number of methoxy groups -OCH3 is 2.